The van der Waals surface area contributed by atoms with Crippen LogP contribution in [-0.2, 0) is 10.5 Å². The number of hydrogen-bond acceptors (Lipinski definition) is 4. The normalized spacial score (nSPS) is 10.8. The van der Waals surface area contributed by atoms with Crippen LogP contribution in [0.25, 0.3) is 6.08 Å². The summed E-state index contributed by atoms with van der Waals surface area (Å²) in [5, 5.41) is 13.5. The maximum Gasteiger partial charge on any atom is 0.270 e. The van der Waals surface area contributed by atoms with Gasteiger partial charge in [-0.15, -0.1) is 0 Å². The summed E-state index contributed by atoms with van der Waals surface area (Å²) in [4.78, 5) is 22.0. The molecule has 0 saturated carbocycles. The molecule has 0 aliphatic rings. The molecule has 2 rings (SSSR count). The number of nitro groups is 1. The van der Waals surface area contributed by atoms with Gasteiger partial charge in [0.25, 0.3) is 5.69 Å². The van der Waals surface area contributed by atoms with Crippen molar-refractivity contribution in [2.45, 2.75) is 12.7 Å². The molecule has 6 heteroatoms. The van der Waals surface area contributed by atoms with Gasteiger partial charge in [-0.2, -0.15) is 11.8 Å². The van der Waals surface area contributed by atoms with Gasteiger partial charge in [0.05, 0.1) is 4.92 Å². The molecule has 0 aromatic heterocycles. The van der Waals surface area contributed by atoms with Crippen molar-refractivity contribution >= 4 is 29.4 Å². The predicted octanol–water partition coefficient (Wildman–Crippen LogP) is 3.97. The van der Waals surface area contributed by atoms with Crippen LogP contribution in [0.15, 0.2) is 54.6 Å². The molecule has 5 nitrogen and oxygen atoms in total. The predicted molar refractivity (Wildman–Crippen MR) is 102 cm³/mol. The van der Waals surface area contributed by atoms with Gasteiger partial charge in [0, 0.05) is 36.3 Å². The van der Waals surface area contributed by atoms with Crippen LogP contribution in [0, 0.1) is 17.0 Å². The van der Waals surface area contributed by atoms with Gasteiger partial charge < -0.3 is 5.32 Å². The second-order valence-electron chi connectivity index (χ2n) is 5.46. The van der Waals surface area contributed by atoms with Crippen molar-refractivity contribution in [2.24, 2.45) is 0 Å². The average Bonchev–Trinajstić information content (AvgIpc) is 2.61. The number of nitro benzene ring substituents is 1. The second kappa shape index (κ2) is 9.64. The summed E-state index contributed by atoms with van der Waals surface area (Å²) in [6.07, 6.45) is 2.97. The molecule has 0 aliphatic heterocycles. The summed E-state index contributed by atoms with van der Waals surface area (Å²) in [5.74, 6) is 1.54. The number of aryl methyl sites for hydroxylation is 1. The Balaban J connectivity index is 1.71. The molecule has 1 N–H and O–H groups in total. The summed E-state index contributed by atoms with van der Waals surface area (Å²) < 4.78 is 0. The molecule has 0 aliphatic carbocycles. The van der Waals surface area contributed by atoms with Crippen molar-refractivity contribution in [1.82, 2.24) is 5.32 Å². The molecule has 130 valence electrons. The summed E-state index contributed by atoms with van der Waals surface area (Å²) >= 11 is 1.77. The minimum absolute atomic E-state index is 0.00941. The Labute approximate surface area is 151 Å². The van der Waals surface area contributed by atoms with E-state index < -0.39 is 4.92 Å². The van der Waals surface area contributed by atoms with E-state index in [1.165, 1.54) is 29.3 Å². The van der Waals surface area contributed by atoms with Crippen LogP contribution in [0.3, 0.4) is 0 Å². The van der Waals surface area contributed by atoms with E-state index in [2.05, 4.69) is 24.4 Å². The Morgan fingerprint density at radius 2 is 2.04 bits per heavy atom. The highest BCUT2D eigenvalue weighted by Crippen LogP contribution is 2.15. The molecule has 0 spiro atoms. The molecule has 0 atom stereocenters. The molecule has 0 heterocycles. The highest BCUT2D eigenvalue weighted by atomic mass is 32.2. The fraction of sp³-hybridized carbons (Fsp3) is 0.211. The number of amides is 1. The molecule has 2 aromatic carbocycles. The van der Waals surface area contributed by atoms with Crippen LogP contribution in [0.4, 0.5) is 5.69 Å². The lowest BCUT2D eigenvalue weighted by molar-refractivity contribution is -0.384. The van der Waals surface area contributed by atoms with E-state index in [0.717, 1.165) is 11.5 Å². The number of rotatable bonds is 8. The lowest BCUT2D eigenvalue weighted by atomic mass is 10.1. The van der Waals surface area contributed by atoms with Crippen molar-refractivity contribution < 1.29 is 9.72 Å². The van der Waals surface area contributed by atoms with Crippen LogP contribution in [0.1, 0.15) is 16.7 Å². The molecule has 0 fully saturated rings. The van der Waals surface area contributed by atoms with Gasteiger partial charge in [-0.1, -0.05) is 36.4 Å². The largest absolute Gasteiger partial charge is 0.352 e. The minimum Gasteiger partial charge on any atom is -0.352 e. The zero-order chi connectivity index (χ0) is 18.1. The number of carbonyl (C=O) groups is 1. The van der Waals surface area contributed by atoms with Gasteiger partial charge in [0.1, 0.15) is 0 Å². The lowest BCUT2D eigenvalue weighted by Crippen LogP contribution is -2.23. The Kier molecular flexibility index (Phi) is 7.22. The monoisotopic (exact) mass is 356 g/mol. The number of carbonyl (C=O) groups excluding carboxylic acids is 1. The van der Waals surface area contributed by atoms with E-state index in [1.54, 1.807) is 30.0 Å². The maximum atomic E-state index is 11.8. The fourth-order valence-electron chi connectivity index (χ4n) is 2.17. The smallest absolute Gasteiger partial charge is 0.270 e. The van der Waals surface area contributed by atoms with Crippen molar-refractivity contribution in [2.75, 3.05) is 12.3 Å². The topological polar surface area (TPSA) is 72.2 Å². The SMILES string of the molecule is Cc1ccccc1CSCCNC(=O)/C=C/c1cccc([N+](=O)[O-])c1. The van der Waals surface area contributed by atoms with Gasteiger partial charge in [-0.25, -0.2) is 0 Å². The molecular weight excluding hydrogens is 336 g/mol. The van der Waals surface area contributed by atoms with Crippen molar-refractivity contribution in [3.05, 3.63) is 81.4 Å². The minimum atomic E-state index is -0.455. The summed E-state index contributed by atoms with van der Waals surface area (Å²) in [6.45, 7) is 2.67. The number of hydrogen-bond donors (Lipinski definition) is 1. The van der Waals surface area contributed by atoms with Crippen molar-refractivity contribution in [3.63, 3.8) is 0 Å². The first kappa shape index (κ1) is 18.7. The van der Waals surface area contributed by atoms with Gasteiger partial charge in [-0.05, 0) is 29.7 Å². The zero-order valence-corrected chi connectivity index (χ0v) is 14.8. The van der Waals surface area contributed by atoms with Gasteiger partial charge in [0.2, 0.25) is 5.91 Å². The van der Waals surface area contributed by atoms with E-state index in [9.17, 15) is 14.9 Å². The third-order valence-electron chi connectivity index (χ3n) is 3.57. The Morgan fingerprint density at radius 3 is 2.80 bits per heavy atom. The quantitative estimate of drug-likeness (QED) is 0.336. The molecule has 25 heavy (non-hydrogen) atoms. The molecular formula is C19H20N2O3S. The van der Waals surface area contributed by atoms with E-state index in [0.29, 0.717) is 12.1 Å². The molecule has 0 radical (unpaired) electrons. The van der Waals surface area contributed by atoms with E-state index in [-0.39, 0.29) is 11.6 Å². The van der Waals surface area contributed by atoms with Gasteiger partial charge >= 0.3 is 0 Å². The molecule has 0 bridgehead atoms. The Bertz CT molecular complexity index is 775. The van der Waals surface area contributed by atoms with E-state index in [4.69, 9.17) is 0 Å². The number of non-ortho nitro benzene ring substituents is 1. The molecule has 1 amide bonds. The molecule has 0 saturated heterocycles. The third-order valence-corrected chi connectivity index (χ3v) is 4.58. The molecule has 2 aromatic rings. The first-order valence-electron chi connectivity index (χ1n) is 7.89. The standard InChI is InChI=1S/C19H20N2O3S/c1-15-5-2-3-7-17(15)14-25-12-11-20-19(22)10-9-16-6-4-8-18(13-16)21(23)24/h2-10,13H,11-12,14H2,1H3,(H,20,22)/b10-9+. The molecule has 0 unspecified atom stereocenters. The Morgan fingerprint density at radius 1 is 1.24 bits per heavy atom. The number of nitrogens with one attached hydrogen (secondary N) is 1. The van der Waals surface area contributed by atoms with Gasteiger partial charge in [0.15, 0.2) is 0 Å². The number of thioether (sulfide) groups is 1. The van der Waals surface area contributed by atoms with E-state index >= 15 is 0 Å². The van der Waals surface area contributed by atoms with Crippen molar-refractivity contribution in [3.8, 4) is 0 Å². The van der Waals surface area contributed by atoms with E-state index in [1.807, 2.05) is 12.1 Å². The van der Waals surface area contributed by atoms with Crippen LogP contribution in [-0.4, -0.2) is 23.1 Å². The summed E-state index contributed by atoms with van der Waals surface area (Å²) in [7, 11) is 0. The van der Waals surface area contributed by atoms with Crippen LogP contribution in [0.2, 0.25) is 0 Å². The highest BCUT2D eigenvalue weighted by molar-refractivity contribution is 7.98. The second-order valence-corrected chi connectivity index (χ2v) is 6.56. The van der Waals surface area contributed by atoms with Crippen molar-refractivity contribution in [1.29, 1.82) is 0 Å². The number of nitrogens with zero attached hydrogens (tertiary/aromatic N) is 1. The summed E-state index contributed by atoms with van der Waals surface area (Å²) in [6, 6.07) is 14.4. The zero-order valence-electron chi connectivity index (χ0n) is 14.0. The maximum absolute atomic E-state index is 11.8. The first-order chi connectivity index (χ1) is 12.1. The average molecular weight is 356 g/mol. The van der Waals surface area contributed by atoms with Crippen LogP contribution >= 0.6 is 11.8 Å². The van der Waals surface area contributed by atoms with Crippen LogP contribution in [0.5, 0.6) is 0 Å². The highest BCUT2D eigenvalue weighted by Gasteiger charge is 2.04. The summed E-state index contributed by atoms with van der Waals surface area (Å²) in [5.41, 5.74) is 3.22. The number of benzene rings is 2. The van der Waals surface area contributed by atoms with Crippen LogP contribution < -0.4 is 5.32 Å². The lowest BCUT2D eigenvalue weighted by Gasteiger charge is -2.05. The fourth-order valence-corrected chi connectivity index (χ4v) is 3.11. The van der Waals surface area contributed by atoms with Gasteiger partial charge in [-0.3, -0.25) is 14.9 Å². The third kappa shape index (κ3) is 6.43. The Hall–Kier alpha value is -2.60. The first-order valence-corrected chi connectivity index (χ1v) is 9.04.